The van der Waals surface area contributed by atoms with E-state index in [1.54, 1.807) is 54.6 Å². The molecule has 9 N–H and O–H groups in total. The van der Waals surface area contributed by atoms with E-state index in [0.29, 0.717) is 24.8 Å². The van der Waals surface area contributed by atoms with Crippen LogP contribution in [0.3, 0.4) is 0 Å². The number of amides is 4. The molecule has 1 aliphatic heterocycles. The van der Waals surface area contributed by atoms with Gasteiger partial charge in [0, 0.05) is 37.2 Å². The van der Waals surface area contributed by atoms with Crippen LogP contribution in [0.25, 0.3) is 0 Å². The van der Waals surface area contributed by atoms with Gasteiger partial charge in [-0.3, -0.25) is 34.3 Å². The number of guanidine groups is 1. The number of carbonyl (C=O) groups excluding carboxylic acids is 4. The molecule has 0 saturated carbocycles. The van der Waals surface area contributed by atoms with E-state index in [9.17, 15) is 39.2 Å². The SMILES string of the molecule is NC(N)=NCCC[C@H](NC(=O)c1ccccc1)C(=O)NCC(=O)N[C@@H](Cc1ccccc1)C(=O)N1CCC[C@H]1C(=O)O.O=[N+]([O-])c1ccc(O)cc1. The number of carboxylic acids is 1. The molecular formula is C35H42N8O9. The Labute approximate surface area is 299 Å². The average Bonchev–Trinajstić information content (AvgIpc) is 3.63. The van der Waals surface area contributed by atoms with E-state index in [1.807, 2.05) is 6.07 Å². The van der Waals surface area contributed by atoms with Gasteiger partial charge in [0.1, 0.15) is 23.9 Å². The van der Waals surface area contributed by atoms with Gasteiger partial charge < -0.3 is 42.5 Å². The number of aromatic hydroxyl groups is 1. The summed E-state index contributed by atoms with van der Waals surface area (Å²) in [6.07, 6.45) is 1.60. The third kappa shape index (κ3) is 13.1. The van der Waals surface area contributed by atoms with Gasteiger partial charge in [-0.25, -0.2) is 4.79 Å². The number of aliphatic imine (C=N–C) groups is 1. The van der Waals surface area contributed by atoms with Crippen molar-refractivity contribution in [1.82, 2.24) is 20.9 Å². The molecule has 4 amide bonds. The van der Waals surface area contributed by atoms with Crippen LogP contribution in [0.5, 0.6) is 5.75 Å². The molecule has 3 aromatic carbocycles. The van der Waals surface area contributed by atoms with Crippen molar-refractivity contribution in [2.45, 2.75) is 50.2 Å². The van der Waals surface area contributed by atoms with Crippen LogP contribution in [-0.2, 0) is 25.6 Å². The van der Waals surface area contributed by atoms with Gasteiger partial charge in [0.15, 0.2) is 5.96 Å². The number of nitrogens with one attached hydrogen (secondary N) is 3. The number of likely N-dealkylation sites (tertiary alicyclic amines) is 1. The quantitative estimate of drug-likeness (QED) is 0.0384. The first-order valence-corrected chi connectivity index (χ1v) is 16.3. The number of carboxylic acid groups (broad SMARTS) is 1. The van der Waals surface area contributed by atoms with Crippen LogP contribution in [0.15, 0.2) is 89.9 Å². The molecule has 0 aromatic heterocycles. The summed E-state index contributed by atoms with van der Waals surface area (Å²) in [6.45, 7) is 0.0482. The van der Waals surface area contributed by atoms with Crippen molar-refractivity contribution in [3.8, 4) is 5.75 Å². The Morgan fingerprint density at radius 3 is 2.15 bits per heavy atom. The Balaban J connectivity index is 0.000000626. The van der Waals surface area contributed by atoms with Crippen LogP contribution in [0.4, 0.5) is 5.69 Å². The molecule has 0 spiro atoms. The second-order valence-corrected chi connectivity index (χ2v) is 11.7. The highest BCUT2D eigenvalue weighted by molar-refractivity contribution is 5.98. The lowest BCUT2D eigenvalue weighted by molar-refractivity contribution is -0.384. The van der Waals surface area contributed by atoms with Crippen LogP contribution in [0, 0.1) is 10.1 Å². The highest BCUT2D eigenvalue weighted by atomic mass is 16.6. The zero-order valence-electron chi connectivity index (χ0n) is 28.2. The minimum atomic E-state index is -1.10. The molecule has 17 heteroatoms. The number of phenols is 1. The summed E-state index contributed by atoms with van der Waals surface area (Å²) in [5.41, 5.74) is 11.8. The van der Waals surface area contributed by atoms with Gasteiger partial charge in [-0.1, -0.05) is 48.5 Å². The number of non-ortho nitro benzene ring substituents is 1. The van der Waals surface area contributed by atoms with Crippen LogP contribution < -0.4 is 27.4 Å². The lowest BCUT2D eigenvalue weighted by atomic mass is 10.0. The molecule has 1 fully saturated rings. The first kappa shape index (κ1) is 39.9. The highest BCUT2D eigenvalue weighted by Gasteiger charge is 2.37. The molecule has 3 atom stereocenters. The van der Waals surface area contributed by atoms with Crippen LogP contribution >= 0.6 is 0 Å². The number of nitrogens with zero attached hydrogens (tertiary/aromatic N) is 3. The fourth-order valence-corrected chi connectivity index (χ4v) is 5.25. The number of nitro groups is 1. The fraction of sp³-hybridized carbons (Fsp3) is 0.314. The number of hydrogen-bond acceptors (Lipinski definition) is 9. The number of rotatable bonds is 15. The topological polar surface area (TPSA) is 273 Å². The summed E-state index contributed by atoms with van der Waals surface area (Å²) in [7, 11) is 0. The number of nitro benzene ring substituents is 1. The largest absolute Gasteiger partial charge is 0.508 e. The highest BCUT2D eigenvalue weighted by Crippen LogP contribution is 2.20. The van der Waals surface area contributed by atoms with Crippen LogP contribution in [-0.4, -0.2) is 93.4 Å². The van der Waals surface area contributed by atoms with E-state index in [-0.39, 0.29) is 43.3 Å². The Hall–Kier alpha value is -6.52. The van der Waals surface area contributed by atoms with Gasteiger partial charge in [-0.05, 0) is 55.5 Å². The number of benzene rings is 3. The Morgan fingerprint density at radius 2 is 1.56 bits per heavy atom. The second kappa shape index (κ2) is 20.2. The molecule has 0 radical (unpaired) electrons. The number of phenolic OH excluding ortho intramolecular Hbond substituents is 1. The monoisotopic (exact) mass is 718 g/mol. The maximum atomic E-state index is 13.4. The minimum Gasteiger partial charge on any atom is -0.508 e. The first-order valence-electron chi connectivity index (χ1n) is 16.3. The average molecular weight is 719 g/mol. The van der Waals surface area contributed by atoms with Crippen molar-refractivity contribution in [1.29, 1.82) is 0 Å². The van der Waals surface area contributed by atoms with Crippen molar-refractivity contribution in [2.24, 2.45) is 16.5 Å². The number of aliphatic carboxylic acids is 1. The smallest absolute Gasteiger partial charge is 0.326 e. The molecular weight excluding hydrogens is 676 g/mol. The van der Waals surface area contributed by atoms with Crippen LogP contribution in [0.2, 0.25) is 0 Å². The number of hydrogen-bond donors (Lipinski definition) is 7. The van der Waals surface area contributed by atoms with E-state index in [2.05, 4.69) is 20.9 Å². The molecule has 17 nitrogen and oxygen atoms in total. The summed E-state index contributed by atoms with van der Waals surface area (Å²) in [5.74, 6) is -3.37. The van der Waals surface area contributed by atoms with Gasteiger partial charge in [-0.2, -0.15) is 0 Å². The first-order chi connectivity index (χ1) is 24.8. The van der Waals surface area contributed by atoms with Crippen molar-refractivity contribution in [3.05, 3.63) is 106 Å². The van der Waals surface area contributed by atoms with E-state index >= 15 is 0 Å². The van der Waals surface area contributed by atoms with Gasteiger partial charge in [0.2, 0.25) is 17.7 Å². The standard InChI is InChI=1S/C29H37N7O6.C6H5NO3/c30-29(31)32-15-7-13-21(35-25(38)20-11-5-2-6-12-20)26(39)33-18-24(37)34-22(17-19-9-3-1-4-10-19)27(40)36-16-8-14-23(36)28(41)42;8-6-3-1-5(2-4-6)7(9)10/h1-6,9-12,21-23H,7-8,13-18H2,(H,33,39)(H,34,37)(H,35,38)(H,41,42)(H4,30,31,32);1-4,8H/t21-,22-,23-;/m0./s1. The zero-order valence-corrected chi connectivity index (χ0v) is 28.2. The van der Waals surface area contributed by atoms with E-state index in [4.69, 9.17) is 16.6 Å². The molecule has 0 aliphatic carbocycles. The third-order valence-electron chi connectivity index (χ3n) is 7.82. The van der Waals surface area contributed by atoms with Gasteiger partial charge in [0.25, 0.3) is 11.6 Å². The number of nitrogens with two attached hydrogens (primary N) is 2. The molecule has 3 aromatic rings. The summed E-state index contributed by atoms with van der Waals surface area (Å²) < 4.78 is 0. The van der Waals surface area contributed by atoms with E-state index in [0.717, 1.165) is 5.56 Å². The summed E-state index contributed by atoms with van der Waals surface area (Å²) in [4.78, 5) is 78.4. The maximum Gasteiger partial charge on any atom is 0.326 e. The Morgan fingerprint density at radius 1 is 0.923 bits per heavy atom. The molecule has 0 bridgehead atoms. The second-order valence-electron chi connectivity index (χ2n) is 11.7. The lowest BCUT2D eigenvalue weighted by Gasteiger charge is -2.27. The summed E-state index contributed by atoms with van der Waals surface area (Å²) >= 11 is 0. The molecule has 1 aliphatic rings. The zero-order chi connectivity index (χ0) is 38.0. The maximum absolute atomic E-state index is 13.4. The minimum absolute atomic E-state index is 0.0159. The Bertz CT molecular complexity index is 1700. The molecule has 276 valence electrons. The third-order valence-corrected chi connectivity index (χ3v) is 7.82. The Kier molecular flexibility index (Phi) is 15.5. The lowest BCUT2D eigenvalue weighted by Crippen LogP contribution is -2.55. The predicted octanol–water partition coefficient (Wildman–Crippen LogP) is 1.06. The van der Waals surface area contributed by atoms with Crippen molar-refractivity contribution < 1.29 is 39.1 Å². The fourth-order valence-electron chi connectivity index (χ4n) is 5.25. The normalized spacial score (nSPS) is 14.4. The molecule has 52 heavy (non-hydrogen) atoms. The van der Waals surface area contributed by atoms with Crippen molar-refractivity contribution >= 4 is 41.2 Å². The summed E-state index contributed by atoms with van der Waals surface area (Å²) in [5, 5.41) is 36.2. The molecule has 1 saturated heterocycles. The van der Waals surface area contributed by atoms with E-state index < -0.39 is 59.2 Å². The summed E-state index contributed by atoms with van der Waals surface area (Å²) in [6, 6.07) is 19.4. The van der Waals surface area contributed by atoms with E-state index in [1.165, 1.54) is 29.2 Å². The molecule has 1 heterocycles. The van der Waals surface area contributed by atoms with Gasteiger partial charge in [0.05, 0.1) is 11.5 Å². The van der Waals surface area contributed by atoms with Crippen molar-refractivity contribution in [3.63, 3.8) is 0 Å². The molecule has 4 rings (SSSR count). The van der Waals surface area contributed by atoms with Crippen LogP contribution in [0.1, 0.15) is 41.6 Å². The van der Waals surface area contributed by atoms with Gasteiger partial charge >= 0.3 is 5.97 Å². The number of carbonyl (C=O) groups is 5. The predicted molar refractivity (Wildman–Crippen MR) is 190 cm³/mol. The molecule has 0 unspecified atom stereocenters. The van der Waals surface area contributed by atoms with Crippen molar-refractivity contribution in [2.75, 3.05) is 19.6 Å². The van der Waals surface area contributed by atoms with Gasteiger partial charge in [-0.15, -0.1) is 0 Å².